The number of rotatable bonds is 2. The summed E-state index contributed by atoms with van der Waals surface area (Å²) in [5.41, 5.74) is 5.94. The monoisotopic (exact) mass is 207 g/mol. The van der Waals surface area contributed by atoms with E-state index in [0.29, 0.717) is 18.8 Å². The second-order valence-corrected chi connectivity index (χ2v) is 3.88. The van der Waals surface area contributed by atoms with Crippen molar-refractivity contribution >= 4 is 0 Å². The van der Waals surface area contributed by atoms with Crippen LogP contribution in [0.25, 0.3) is 0 Å². The first-order valence-electron chi connectivity index (χ1n) is 4.92. The smallest absolute Gasteiger partial charge is 0.128 e. The van der Waals surface area contributed by atoms with Crippen LogP contribution in [0.1, 0.15) is 5.56 Å². The predicted molar refractivity (Wildman–Crippen MR) is 56.8 cm³/mol. The summed E-state index contributed by atoms with van der Waals surface area (Å²) >= 11 is 0. The lowest BCUT2D eigenvalue weighted by Crippen LogP contribution is -2.43. The van der Waals surface area contributed by atoms with Gasteiger partial charge < -0.3 is 10.5 Å². The Bertz CT molecular complexity index is 380. The molecule has 0 saturated carbocycles. The van der Waals surface area contributed by atoms with Gasteiger partial charge in [-0.2, -0.15) is 0 Å². The van der Waals surface area contributed by atoms with E-state index in [1.54, 1.807) is 24.3 Å². The summed E-state index contributed by atoms with van der Waals surface area (Å²) in [5.74, 6) is -0.313. The lowest BCUT2D eigenvalue weighted by atomic mass is 9.81. The number of halogens is 1. The topological polar surface area (TPSA) is 35.2 Å². The highest BCUT2D eigenvalue weighted by molar-refractivity contribution is 5.29. The van der Waals surface area contributed by atoms with E-state index in [0.717, 1.165) is 0 Å². The van der Waals surface area contributed by atoms with Crippen molar-refractivity contribution in [2.24, 2.45) is 11.7 Å². The van der Waals surface area contributed by atoms with Crippen LogP contribution < -0.4 is 5.73 Å². The maximum absolute atomic E-state index is 13.6. The van der Waals surface area contributed by atoms with E-state index in [1.165, 1.54) is 6.07 Å². The number of ether oxygens (including phenoxy) is 1. The zero-order valence-corrected chi connectivity index (χ0v) is 8.45. The van der Waals surface area contributed by atoms with Crippen LogP contribution in [0, 0.1) is 11.7 Å². The molecule has 1 saturated heterocycles. The summed E-state index contributed by atoms with van der Waals surface area (Å²) in [6.45, 7) is 4.56. The zero-order valence-electron chi connectivity index (χ0n) is 8.45. The van der Waals surface area contributed by atoms with Gasteiger partial charge in [-0.25, -0.2) is 4.39 Å². The van der Waals surface area contributed by atoms with Gasteiger partial charge in [-0.1, -0.05) is 24.3 Å². The Hall–Kier alpha value is -1.19. The van der Waals surface area contributed by atoms with E-state index in [4.69, 9.17) is 10.5 Å². The van der Waals surface area contributed by atoms with Gasteiger partial charge in [0.15, 0.2) is 0 Å². The minimum Gasteiger partial charge on any atom is -0.378 e. The highest BCUT2D eigenvalue weighted by Gasteiger charge is 2.41. The quantitative estimate of drug-likeness (QED) is 0.751. The molecule has 15 heavy (non-hydrogen) atoms. The van der Waals surface area contributed by atoms with Gasteiger partial charge in [-0.3, -0.25) is 0 Å². The highest BCUT2D eigenvalue weighted by Crippen LogP contribution is 2.34. The molecule has 0 unspecified atom stereocenters. The predicted octanol–water partition coefficient (Wildman–Crippen LogP) is 1.81. The van der Waals surface area contributed by atoms with Crippen LogP contribution in [-0.2, 0) is 10.3 Å². The lowest BCUT2D eigenvalue weighted by Gasteiger charge is -2.28. The molecule has 80 valence electrons. The van der Waals surface area contributed by atoms with Crippen molar-refractivity contribution in [2.75, 3.05) is 13.2 Å². The molecule has 0 amide bonds. The third-order valence-electron chi connectivity index (χ3n) is 2.96. The molecular weight excluding hydrogens is 193 g/mol. The summed E-state index contributed by atoms with van der Waals surface area (Å²) in [6.07, 6.45) is 1.74. The molecule has 2 atom stereocenters. The summed E-state index contributed by atoms with van der Waals surface area (Å²) < 4.78 is 18.9. The Morgan fingerprint density at radius 1 is 1.53 bits per heavy atom. The van der Waals surface area contributed by atoms with Crippen LogP contribution in [0.3, 0.4) is 0 Å². The molecule has 1 aromatic rings. The van der Waals surface area contributed by atoms with Crippen LogP contribution in [0.4, 0.5) is 4.39 Å². The third-order valence-corrected chi connectivity index (χ3v) is 2.96. The van der Waals surface area contributed by atoms with E-state index < -0.39 is 5.54 Å². The summed E-state index contributed by atoms with van der Waals surface area (Å²) in [6, 6.07) is 6.56. The molecule has 1 aliphatic heterocycles. The molecular formula is C12H14FNO. The molecule has 1 heterocycles. The van der Waals surface area contributed by atoms with Gasteiger partial charge in [0, 0.05) is 11.5 Å². The van der Waals surface area contributed by atoms with Gasteiger partial charge in [-0.05, 0) is 6.07 Å². The van der Waals surface area contributed by atoms with Crippen LogP contribution in [-0.4, -0.2) is 13.2 Å². The van der Waals surface area contributed by atoms with E-state index in [2.05, 4.69) is 6.58 Å². The molecule has 1 aliphatic rings. The maximum Gasteiger partial charge on any atom is 0.128 e. The first kappa shape index (κ1) is 10.3. The molecule has 2 N–H and O–H groups in total. The van der Waals surface area contributed by atoms with Crippen LogP contribution in [0.2, 0.25) is 0 Å². The Morgan fingerprint density at radius 2 is 2.27 bits per heavy atom. The normalized spacial score (nSPS) is 30.4. The fourth-order valence-electron chi connectivity index (χ4n) is 2.01. The Kier molecular flexibility index (Phi) is 2.59. The van der Waals surface area contributed by atoms with Crippen molar-refractivity contribution in [2.45, 2.75) is 5.54 Å². The molecule has 1 aromatic carbocycles. The lowest BCUT2D eigenvalue weighted by molar-refractivity contribution is 0.176. The van der Waals surface area contributed by atoms with Gasteiger partial charge in [0.25, 0.3) is 0 Å². The first-order valence-corrected chi connectivity index (χ1v) is 4.92. The molecule has 0 aromatic heterocycles. The average molecular weight is 207 g/mol. The van der Waals surface area contributed by atoms with E-state index in [1.807, 2.05) is 0 Å². The number of hydrogen-bond acceptors (Lipinski definition) is 2. The Morgan fingerprint density at radius 3 is 2.93 bits per heavy atom. The van der Waals surface area contributed by atoms with Crippen molar-refractivity contribution in [1.82, 2.24) is 0 Å². The zero-order chi connectivity index (χ0) is 10.9. The van der Waals surface area contributed by atoms with Gasteiger partial charge in [0.2, 0.25) is 0 Å². The largest absolute Gasteiger partial charge is 0.378 e. The molecule has 0 spiro atoms. The van der Waals surface area contributed by atoms with Gasteiger partial charge in [0.1, 0.15) is 5.82 Å². The van der Waals surface area contributed by atoms with Crippen molar-refractivity contribution in [1.29, 1.82) is 0 Å². The number of nitrogens with two attached hydrogens (primary N) is 1. The molecule has 0 radical (unpaired) electrons. The fraction of sp³-hybridized carbons (Fsp3) is 0.333. The minimum absolute atomic E-state index is 0.0330. The maximum atomic E-state index is 13.6. The fourth-order valence-corrected chi connectivity index (χ4v) is 2.01. The number of hydrogen-bond donors (Lipinski definition) is 1. The van der Waals surface area contributed by atoms with Gasteiger partial charge in [-0.15, -0.1) is 6.58 Å². The van der Waals surface area contributed by atoms with Crippen molar-refractivity contribution in [3.8, 4) is 0 Å². The summed E-state index contributed by atoms with van der Waals surface area (Å²) in [5, 5.41) is 0. The Balaban J connectivity index is 2.45. The SMILES string of the molecule is C=C[C@H]1COC[C@]1(N)c1ccccc1F. The van der Waals surface area contributed by atoms with Crippen molar-refractivity contribution in [3.63, 3.8) is 0 Å². The Labute approximate surface area is 88.5 Å². The highest BCUT2D eigenvalue weighted by atomic mass is 19.1. The summed E-state index contributed by atoms with van der Waals surface area (Å²) in [7, 11) is 0. The van der Waals surface area contributed by atoms with Crippen LogP contribution >= 0.6 is 0 Å². The molecule has 2 nitrogen and oxygen atoms in total. The van der Waals surface area contributed by atoms with Gasteiger partial charge in [0.05, 0.1) is 18.8 Å². The molecule has 3 heteroatoms. The van der Waals surface area contributed by atoms with E-state index in [9.17, 15) is 4.39 Å². The van der Waals surface area contributed by atoms with E-state index >= 15 is 0 Å². The standard InChI is InChI=1S/C12H14FNO/c1-2-9-7-15-8-12(9,14)10-5-3-4-6-11(10)13/h2-6,9H,1,7-8,14H2/t9-,12+/m0/s1. The van der Waals surface area contributed by atoms with Crippen molar-refractivity contribution < 1.29 is 9.13 Å². The second kappa shape index (κ2) is 3.76. The molecule has 1 fully saturated rings. The molecule has 2 rings (SSSR count). The minimum atomic E-state index is -0.771. The number of benzene rings is 1. The van der Waals surface area contributed by atoms with E-state index in [-0.39, 0.29) is 11.7 Å². The molecule has 0 bridgehead atoms. The van der Waals surface area contributed by atoms with Crippen LogP contribution in [0.15, 0.2) is 36.9 Å². The summed E-state index contributed by atoms with van der Waals surface area (Å²) in [4.78, 5) is 0. The third kappa shape index (κ3) is 1.58. The average Bonchev–Trinajstić information content (AvgIpc) is 2.61. The molecule has 0 aliphatic carbocycles. The first-order chi connectivity index (χ1) is 7.18. The van der Waals surface area contributed by atoms with Gasteiger partial charge >= 0.3 is 0 Å². The second-order valence-electron chi connectivity index (χ2n) is 3.88. The van der Waals surface area contributed by atoms with Crippen molar-refractivity contribution in [3.05, 3.63) is 48.3 Å². The van der Waals surface area contributed by atoms with Crippen LogP contribution in [0.5, 0.6) is 0 Å².